The van der Waals surface area contributed by atoms with Gasteiger partial charge in [-0.05, 0) is 62.9 Å². The number of carbonyl (C=O) groups is 3. The van der Waals surface area contributed by atoms with Crippen LogP contribution >= 0.6 is 0 Å². The lowest BCUT2D eigenvalue weighted by atomic mass is 9.82. The maximum atomic E-state index is 13.4. The van der Waals surface area contributed by atoms with Crippen molar-refractivity contribution < 1.29 is 19.1 Å². The number of fused-ring (bicyclic) bond motifs is 1. The second-order valence-electron chi connectivity index (χ2n) is 10.2. The van der Waals surface area contributed by atoms with Gasteiger partial charge in [0.1, 0.15) is 23.5 Å². The number of hydrogen-bond donors (Lipinski definition) is 0. The molecule has 3 aromatic rings. The number of pyridine rings is 1. The minimum Gasteiger partial charge on any atom is -0.462 e. The first-order valence-electron chi connectivity index (χ1n) is 13.5. The fourth-order valence-corrected chi connectivity index (χ4v) is 4.16. The summed E-state index contributed by atoms with van der Waals surface area (Å²) in [5.41, 5.74) is 2.28. The van der Waals surface area contributed by atoms with E-state index in [1.807, 2.05) is 50.6 Å². The summed E-state index contributed by atoms with van der Waals surface area (Å²) in [5, 5.41) is 0. The number of amides is 1. The molecule has 204 valence electrons. The third-order valence-electron chi connectivity index (χ3n) is 7.19. The zero-order chi connectivity index (χ0) is 27.8. The summed E-state index contributed by atoms with van der Waals surface area (Å²) in [6, 6.07) is 10.9. The lowest BCUT2D eigenvalue weighted by Crippen LogP contribution is -2.35. The quantitative estimate of drug-likeness (QED) is 0.344. The number of ether oxygens (including phenoxy) is 1. The molecule has 1 atom stereocenters. The molecule has 2 heterocycles. The minimum atomic E-state index is -0.286. The summed E-state index contributed by atoms with van der Waals surface area (Å²) in [6.07, 6.45) is 5.93. The monoisotopic (exact) mass is 520 g/mol. The molecule has 8 nitrogen and oxygen atoms in total. The van der Waals surface area contributed by atoms with Crippen LogP contribution in [0.15, 0.2) is 42.6 Å². The van der Waals surface area contributed by atoms with Gasteiger partial charge in [-0.15, -0.1) is 0 Å². The molecule has 0 radical (unpaired) electrons. The molecule has 38 heavy (non-hydrogen) atoms. The third-order valence-corrected chi connectivity index (χ3v) is 7.19. The summed E-state index contributed by atoms with van der Waals surface area (Å²) in [4.78, 5) is 46.6. The number of imidazole rings is 1. The van der Waals surface area contributed by atoms with Crippen LogP contribution < -0.4 is 4.90 Å². The van der Waals surface area contributed by atoms with Gasteiger partial charge in [0.05, 0.1) is 17.5 Å². The van der Waals surface area contributed by atoms with E-state index in [2.05, 4.69) is 16.9 Å². The van der Waals surface area contributed by atoms with Gasteiger partial charge in [-0.1, -0.05) is 33.3 Å². The number of hydrogen-bond acceptors (Lipinski definition) is 6. The predicted octanol–water partition coefficient (Wildman–Crippen LogP) is 5.53. The Kier molecular flexibility index (Phi) is 10.2. The van der Waals surface area contributed by atoms with Crippen LogP contribution in [0.4, 0.5) is 5.82 Å². The number of anilines is 1. The molecule has 4 rings (SSSR count). The van der Waals surface area contributed by atoms with E-state index < -0.39 is 0 Å². The van der Waals surface area contributed by atoms with E-state index in [9.17, 15) is 14.4 Å². The van der Waals surface area contributed by atoms with Gasteiger partial charge in [-0.3, -0.25) is 19.3 Å². The molecule has 1 aliphatic carbocycles. The van der Waals surface area contributed by atoms with Crippen LogP contribution in [0.25, 0.3) is 11.0 Å². The van der Waals surface area contributed by atoms with Crippen molar-refractivity contribution in [1.29, 1.82) is 0 Å². The molecule has 2 aromatic heterocycles. The number of Topliss-reactive ketones (excluding diaryl/α,β-unsaturated/α-hetero) is 1. The highest BCUT2D eigenvalue weighted by molar-refractivity contribution is 6.07. The van der Waals surface area contributed by atoms with Crippen LogP contribution in [0.3, 0.4) is 0 Å². The molecule has 1 unspecified atom stereocenters. The standard InChI is InChI=1S/C25H30N4O3.C5H10O/c1-4-22-27-20-16-19(11-12-21(20)28(22)3)25(31)29(23-10-5-6-14-26-23)15-13-24(30)32-17(2)18-8-7-9-18;1-4(2)5(3)6/h5-6,10-12,14,16-18H,4,7-9,13,15H2,1-3H3;4H,1-3H3. The Bertz CT molecular complexity index is 1250. The Morgan fingerprint density at radius 3 is 2.39 bits per heavy atom. The van der Waals surface area contributed by atoms with E-state index in [4.69, 9.17) is 4.74 Å². The third kappa shape index (κ3) is 7.27. The molecular formula is C30H40N4O4. The van der Waals surface area contributed by atoms with Crippen molar-refractivity contribution in [2.45, 2.75) is 72.8 Å². The van der Waals surface area contributed by atoms with Gasteiger partial charge in [0, 0.05) is 37.7 Å². The number of aromatic nitrogens is 3. The van der Waals surface area contributed by atoms with Crippen LogP contribution in [0.5, 0.6) is 0 Å². The SMILES string of the molecule is CC(=O)C(C)C.CCc1nc2cc(C(=O)N(CCC(=O)OC(C)C3CCC3)c3ccccn3)ccc2n1C. The van der Waals surface area contributed by atoms with Crippen molar-refractivity contribution in [2.24, 2.45) is 18.9 Å². The first-order valence-corrected chi connectivity index (χ1v) is 13.5. The van der Waals surface area contributed by atoms with Crippen molar-refractivity contribution in [3.8, 4) is 0 Å². The Labute approximate surface area is 225 Å². The molecule has 0 aliphatic heterocycles. The van der Waals surface area contributed by atoms with Crippen molar-refractivity contribution in [3.63, 3.8) is 0 Å². The Morgan fingerprint density at radius 1 is 1.13 bits per heavy atom. The van der Waals surface area contributed by atoms with E-state index in [0.29, 0.717) is 17.3 Å². The van der Waals surface area contributed by atoms with Crippen LogP contribution in [0.1, 0.15) is 76.5 Å². The normalized spacial score (nSPS) is 13.9. The lowest BCUT2D eigenvalue weighted by Gasteiger charge is -2.31. The molecule has 1 fully saturated rings. The number of aryl methyl sites for hydroxylation is 2. The molecule has 0 saturated heterocycles. The Hall–Kier alpha value is -3.55. The first-order chi connectivity index (χ1) is 18.1. The molecule has 0 bridgehead atoms. The highest BCUT2D eigenvalue weighted by atomic mass is 16.5. The van der Waals surface area contributed by atoms with Crippen molar-refractivity contribution in [3.05, 3.63) is 54.0 Å². The summed E-state index contributed by atoms with van der Waals surface area (Å²) in [5.74, 6) is 1.91. The predicted molar refractivity (Wildman–Crippen MR) is 149 cm³/mol. The number of ketones is 1. The van der Waals surface area contributed by atoms with Crippen molar-refractivity contribution in [1.82, 2.24) is 14.5 Å². The zero-order valence-corrected chi connectivity index (χ0v) is 23.4. The number of rotatable bonds is 9. The van der Waals surface area contributed by atoms with Crippen molar-refractivity contribution in [2.75, 3.05) is 11.4 Å². The number of esters is 1. The molecular weight excluding hydrogens is 480 g/mol. The van der Waals surface area contributed by atoms with Gasteiger partial charge in [0.15, 0.2) is 0 Å². The van der Waals surface area contributed by atoms with E-state index in [-0.39, 0.29) is 42.6 Å². The van der Waals surface area contributed by atoms with Gasteiger partial charge in [-0.2, -0.15) is 0 Å². The van der Waals surface area contributed by atoms with Gasteiger partial charge in [0.2, 0.25) is 0 Å². The van der Waals surface area contributed by atoms with Crippen LogP contribution in [-0.4, -0.2) is 44.8 Å². The molecule has 1 amide bonds. The number of carbonyl (C=O) groups excluding carboxylic acids is 3. The van der Waals surface area contributed by atoms with Crippen molar-refractivity contribution >= 4 is 34.5 Å². The largest absolute Gasteiger partial charge is 0.462 e. The second kappa shape index (κ2) is 13.3. The lowest BCUT2D eigenvalue weighted by molar-refractivity contribution is -0.152. The van der Waals surface area contributed by atoms with Gasteiger partial charge in [-0.25, -0.2) is 9.97 Å². The maximum Gasteiger partial charge on any atom is 0.307 e. The van der Waals surface area contributed by atoms with Crippen LogP contribution in [-0.2, 0) is 27.8 Å². The smallest absolute Gasteiger partial charge is 0.307 e. The first kappa shape index (κ1) is 29.0. The number of benzene rings is 1. The highest BCUT2D eigenvalue weighted by Crippen LogP contribution is 2.31. The summed E-state index contributed by atoms with van der Waals surface area (Å²) in [6.45, 7) is 9.60. The minimum absolute atomic E-state index is 0.0745. The van der Waals surface area contributed by atoms with Crippen LogP contribution in [0.2, 0.25) is 0 Å². The average molecular weight is 521 g/mol. The molecule has 1 aliphatic rings. The van der Waals surface area contributed by atoms with Gasteiger partial charge in [0.25, 0.3) is 5.91 Å². The maximum absolute atomic E-state index is 13.4. The van der Waals surface area contributed by atoms with E-state index in [0.717, 1.165) is 36.1 Å². The second-order valence-corrected chi connectivity index (χ2v) is 10.2. The fraction of sp³-hybridized carbons (Fsp3) is 0.500. The molecule has 1 saturated carbocycles. The molecule has 8 heteroatoms. The van der Waals surface area contributed by atoms with E-state index >= 15 is 0 Å². The molecule has 0 spiro atoms. The highest BCUT2D eigenvalue weighted by Gasteiger charge is 2.27. The van der Waals surface area contributed by atoms with E-state index in [1.165, 1.54) is 6.42 Å². The van der Waals surface area contributed by atoms with Crippen LogP contribution in [0, 0.1) is 11.8 Å². The fourth-order valence-electron chi connectivity index (χ4n) is 4.16. The van der Waals surface area contributed by atoms with Gasteiger partial charge >= 0.3 is 5.97 Å². The molecule has 0 N–H and O–H groups in total. The summed E-state index contributed by atoms with van der Waals surface area (Å²) < 4.78 is 7.64. The topological polar surface area (TPSA) is 94.4 Å². The number of nitrogens with zero attached hydrogens (tertiary/aromatic N) is 4. The Morgan fingerprint density at radius 2 is 1.84 bits per heavy atom. The molecule has 1 aromatic carbocycles. The van der Waals surface area contributed by atoms with Gasteiger partial charge < -0.3 is 9.30 Å². The zero-order valence-electron chi connectivity index (χ0n) is 23.4. The van der Waals surface area contributed by atoms with E-state index in [1.54, 1.807) is 36.2 Å². The summed E-state index contributed by atoms with van der Waals surface area (Å²) in [7, 11) is 1.98. The summed E-state index contributed by atoms with van der Waals surface area (Å²) >= 11 is 0. The Balaban J connectivity index is 0.000000599. The average Bonchev–Trinajstić information content (AvgIpc) is 3.18.